The van der Waals surface area contributed by atoms with Crippen LogP contribution in [0.4, 0.5) is 21.5 Å². The molecule has 1 aliphatic heterocycles. The van der Waals surface area contributed by atoms with Gasteiger partial charge in [0.1, 0.15) is 0 Å². The molecule has 10 nitrogen and oxygen atoms in total. The standard InChI is InChI=1S/C19H18FN3O7S/c1-12(18(24)21-14-6-7-16(20)17(11-14)23(26)27)30-19(25)13-4-2-5-15(10-13)22-8-3-9-31(22,28)29/h2,4-7,10-12H,3,8-9H2,1H3,(H,21,24). The lowest BCUT2D eigenvalue weighted by atomic mass is 10.2. The Morgan fingerprint density at radius 3 is 2.65 bits per heavy atom. The number of rotatable bonds is 6. The van der Waals surface area contributed by atoms with E-state index in [0.29, 0.717) is 18.7 Å². The van der Waals surface area contributed by atoms with E-state index in [2.05, 4.69) is 5.32 Å². The van der Waals surface area contributed by atoms with Gasteiger partial charge in [0.25, 0.3) is 5.91 Å². The quantitative estimate of drug-likeness (QED) is 0.405. The number of ether oxygens (including phenoxy) is 1. The second-order valence-electron chi connectivity index (χ2n) is 6.75. The van der Waals surface area contributed by atoms with Crippen LogP contribution >= 0.6 is 0 Å². The van der Waals surface area contributed by atoms with Crippen molar-refractivity contribution in [2.75, 3.05) is 21.9 Å². The Morgan fingerprint density at radius 1 is 1.26 bits per heavy atom. The SMILES string of the molecule is CC(OC(=O)c1cccc(N2CCCS2(=O)=O)c1)C(=O)Nc1ccc(F)c([N+](=O)[O-])c1. The average Bonchev–Trinajstić information content (AvgIpc) is 3.08. The maximum Gasteiger partial charge on any atom is 0.338 e. The molecular weight excluding hydrogens is 433 g/mol. The summed E-state index contributed by atoms with van der Waals surface area (Å²) >= 11 is 0. The van der Waals surface area contributed by atoms with E-state index in [4.69, 9.17) is 4.74 Å². The summed E-state index contributed by atoms with van der Waals surface area (Å²) in [6, 6.07) is 8.65. The number of hydrogen-bond donors (Lipinski definition) is 1. The van der Waals surface area contributed by atoms with Gasteiger partial charge in [-0.25, -0.2) is 13.2 Å². The number of nitrogens with one attached hydrogen (secondary N) is 1. The third kappa shape index (κ3) is 4.97. The molecule has 1 fully saturated rings. The van der Waals surface area contributed by atoms with Crippen molar-refractivity contribution in [3.63, 3.8) is 0 Å². The molecule has 31 heavy (non-hydrogen) atoms. The number of amides is 1. The number of nitrogens with zero attached hydrogens (tertiary/aromatic N) is 2. The lowest BCUT2D eigenvalue weighted by Crippen LogP contribution is -2.30. The molecule has 164 valence electrons. The van der Waals surface area contributed by atoms with Gasteiger partial charge in [-0.15, -0.1) is 0 Å². The fraction of sp³-hybridized carbons (Fsp3) is 0.263. The Hall–Kier alpha value is -3.54. The number of hydrogen-bond acceptors (Lipinski definition) is 7. The van der Waals surface area contributed by atoms with Gasteiger partial charge in [-0.3, -0.25) is 19.2 Å². The first-order valence-corrected chi connectivity index (χ1v) is 10.8. The molecule has 3 rings (SSSR count). The van der Waals surface area contributed by atoms with Crippen LogP contribution in [0.2, 0.25) is 0 Å². The number of carbonyl (C=O) groups excluding carboxylic acids is 2. The molecule has 0 spiro atoms. The molecule has 1 atom stereocenters. The zero-order valence-electron chi connectivity index (χ0n) is 16.3. The van der Waals surface area contributed by atoms with Crippen molar-refractivity contribution in [1.29, 1.82) is 0 Å². The molecule has 1 aliphatic rings. The van der Waals surface area contributed by atoms with Gasteiger partial charge in [-0.1, -0.05) is 6.07 Å². The van der Waals surface area contributed by atoms with E-state index in [0.717, 1.165) is 18.2 Å². The minimum atomic E-state index is -3.42. The number of halogens is 1. The number of sulfonamides is 1. The smallest absolute Gasteiger partial charge is 0.338 e. The van der Waals surface area contributed by atoms with Gasteiger partial charge in [0.05, 0.1) is 21.9 Å². The third-order valence-electron chi connectivity index (χ3n) is 4.53. The second-order valence-corrected chi connectivity index (χ2v) is 8.76. The molecule has 1 unspecified atom stereocenters. The minimum Gasteiger partial charge on any atom is -0.449 e. The molecule has 0 saturated carbocycles. The predicted molar refractivity (Wildman–Crippen MR) is 109 cm³/mol. The first-order valence-electron chi connectivity index (χ1n) is 9.15. The molecule has 1 N–H and O–H groups in total. The number of benzene rings is 2. The molecule has 12 heteroatoms. The van der Waals surface area contributed by atoms with Crippen molar-refractivity contribution >= 4 is 39.0 Å². The molecule has 0 aliphatic carbocycles. The lowest BCUT2D eigenvalue weighted by Gasteiger charge is -2.18. The molecule has 1 saturated heterocycles. The minimum absolute atomic E-state index is 0.0282. The first-order chi connectivity index (χ1) is 14.6. The highest BCUT2D eigenvalue weighted by Gasteiger charge is 2.29. The van der Waals surface area contributed by atoms with Gasteiger partial charge in [0.15, 0.2) is 6.10 Å². The first kappa shape index (κ1) is 22.2. The van der Waals surface area contributed by atoms with Crippen molar-refractivity contribution in [3.8, 4) is 0 Å². The molecule has 1 amide bonds. The molecule has 0 radical (unpaired) electrons. The monoisotopic (exact) mass is 451 g/mol. The van der Waals surface area contributed by atoms with Gasteiger partial charge >= 0.3 is 11.7 Å². The summed E-state index contributed by atoms with van der Waals surface area (Å²) in [7, 11) is -3.42. The molecule has 2 aromatic carbocycles. The summed E-state index contributed by atoms with van der Waals surface area (Å²) in [6.07, 6.45) is -0.800. The van der Waals surface area contributed by atoms with Crippen LogP contribution in [0.25, 0.3) is 0 Å². The summed E-state index contributed by atoms with van der Waals surface area (Å²) in [4.78, 5) is 34.6. The highest BCUT2D eigenvalue weighted by molar-refractivity contribution is 7.93. The van der Waals surface area contributed by atoms with Crippen LogP contribution in [0.5, 0.6) is 0 Å². The van der Waals surface area contributed by atoms with Crippen molar-refractivity contribution in [2.45, 2.75) is 19.4 Å². The van der Waals surface area contributed by atoms with Gasteiger partial charge in [0.2, 0.25) is 15.8 Å². The summed E-state index contributed by atoms with van der Waals surface area (Å²) in [6.45, 7) is 1.60. The van der Waals surface area contributed by atoms with E-state index in [1.807, 2.05) is 0 Å². The van der Waals surface area contributed by atoms with Crippen LogP contribution in [-0.2, 0) is 19.6 Å². The average molecular weight is 451 g/mol. The van der Waals surface area contributed by atoms with Gasteiger partial charge in [-0.05, 0) is 43.7 Å². The molecule has 2 aromatic rings. The lowest BCUT2D eigenvalue weighted by molar-refractivity contribution is -0.387. The summed E-state index contributed by atoms with van der Waals surface area (Å²) in [5, 5.41) is 13.1. The van der Waals surface area contributed by atoms with E-state index >= 15 is 0 Å². The Kier molecular flexibility index (Phi) is 6.20. The predicted octanol–water partition coefficient (Wildman–Crippen LogP) is 2.46. The Labute approximate surface area is 176 Å². The number of anilines is 2. The van der Waals surface area contributed by atoms with Gasteiger partial charge in [-0.2, -0.15) is 4.39 Å². The van der Waals surface area contributed by atoms with Gasteiger partial charge < -0.3 is 10.1 Å². The Morgan fingerprint density at radius 2 is 2.00 bits per heavy atom. The van der Waals surface area contributed by atoms with E-state index in [-0.39, 0.29) is 17.0 Å². The fourth-order valence-electron chi connectivity index (χ4n) is 2.97. The van der Waals surface area contributed by atoms with Crippen molar-refractivity contribution < 1.29 is 32.1 Å². The van der Waals surface area contributed by atoms with E-state index < -0.39 is 44.4 Å². The van der Waals surface area contributed by atoms with E-state index in [9.17, 15) is 32.5 Å². The Balaban J connectivity index is 1.68. The maximum atomic E-state index is 13.4. The van der Waals surface area contributed by atoms with Crippen molar-refractivity contribution in [2.24, 2.45) is 0 Å². The number of nitro groups is 1. The maximum absolute atomic E-state index is 13.4. The Bertz CT molecular complexity index is 1150. The summed E-state index contributed by atoms with van der Waals surface area (Å²) in [5.74, 6) is -2.67. The third-order valence-corrected chi connectivity index (χ3v) is 6.40. The topological polar surface area (TPSA) is 136 Å². The number of carbonyl (C=O) groups is 2. The highest BCUT2D eigenvalue weighted by Crippen LogP contribution is 2.25. The molecular formula is C19H18FN3O7S. The zero-order chi connectivity index (χ0) is 22.8. The number of esters is 1. The van der Waals surface area contributed by atoms with E-state index in [1.54, 1.807) is 6.07 Å². The van der Waals surface area contributed by atoms with Crippen LogP contribution in [0.15, 0.2) is 42.5 Å². The summed E-state index contributed by atoms with van der Waals surface area (Å²) < 4.78 is 43.9. The van der Waals surface area contributed by atoms with Crippen molar-refractivity contribution in [1.82, 2.24) is 0 Å². The normalized spacial score (nSPS) is 15.9. The molecule has 0 aromatic heterocycles. The fourth-order valence-corrected chi connectivity index (χ4v) is 4.53. The largest absolute Gasteiger partial charge is 0.449 e. The molecule has 0 bridgehead atoms. The van der Waals surface area contributed by atoms with Crippen molar-refractivity contribution in [3.05, 3.63) is 64.0 Å². The van der Waals surface area contributed by atoms with Gasteiger partial charge in [0, 0.05) is 18.3 Å². The van der Waals surface area contributed by atoms with E-state index in [1.165, 1.54) is 29.4 Å². The van der Waals surface area contributed by atoms with Crippen LogP contribution in [0.3, 0.4) is 0 Å². The zero-order valence-corrected chi connectivity index (χ0v) is 17.1. The van der Waals surface area contributed by atoms with Crippen LogP contribution < -0.4 is 9.62 Å². The highest BCUT2D eigenvalue weighted by atomic mass is 32.2. The van der Waals surface area contributed by atoms with Crippen LogP contribution in [0.1, 0.15) is 23.7 Å². The summed E-state index contributed by atoms with van der Waals surface area (Å²) in [5.41, 5.74) is -0.474. The van der Waals surface area contributed by atoms with Crippen LogP contribution in [0, 0.1) is 15.9 Å². The van der Waals surface area contributed by atoms with Crippen LogP contribution in [-0.4, -0.2) is 43.6 Å². The number of nitro benzene ring substituents is 1. The molecule has 1 heterocycles. The second kappa shape index (κ2) is 8.68.